The molecule has 1 heterocycles. The third-order valence-electron chi connectivity index (χ3n) is 3.12. The summed E-state index contributed by atoms with van der Waals surface area (Å²) in [5, 5.41) is 15.2. The van der Waals surface area contributed by atoms with Crippen LogP contribution in [0.2, 0.25) is 0 Å². The van der Waals surface area contributed by atoms with Gasteiger partial charge in [-0.1, -0.05) is 0 Å². The van der Waals surface area contributed by atoms with Crippen LogP contribution in [-0.2, 0) is 9.53 Å². The number of phenols is 1. The molecule has 0 spiro atoms. The van der Waals surface area contributed by atoms with Gasteiger partial charge in [0.25, 0.3) is 0 Å². The van der Waals surface area contributed by atoms with Crippen molar-refractivity contribution in [2.24, 2.45) is 0 Å². The molecule has 1 aromatic rings. The zero-order valence-corrected chi connectivity index (χ0v) is 10.9. The van der Waals surface area contributed by atoms with E-state index in [1.165, 1.54) is 0 Å². The van der Waals surface area contributed by atoms with Gasteiger partial charge in [-0.05, 0) is 50.2 Å². The van der Waals surface area contributed by atoms with E-state index in [1.807, 2.05) is 0 Å². The van der Waals surface area contributed by atoms with Crippen LogP contribution in [0.4, 0.5) is 5.69 Å². The van der Waals surface area contributed by atoms with Crippen molar-refractivity contribution < 1.29 is 14.6 Å². The van der Waals surface area contributed by atoms with E-state index in [9.17, 15) is 4.79 Å². The number of amides is 1. The van der Waals surface area contributed by atoms with Crippen molar-refractivity contribution in [3.05, 3.63) is 24.3 Å². The highest BCUT2D eigenvalue weighted by Gasteiger charge is 2.13. The average molecular weight is 264 g/mol. The molecule has 0 saturated carbocycles. The highest BCUT2D eigenvalue weighted by molar-refractivity contribution is 5.90. The largest absolute Gasteiger partial charge is 0.508 e. The lowest BCUT2D eigenvalue weighted by atomic mass is 10.1. The highest BCUT2D eigenvalue weighted by Crippen LogP contribution is 2.14. The quantitative estimate of drug-likeness (QED) is 0.705. The molecule has 5 nitrogen and oxygen atoms in total. The summed E-state index contributed by atoms with van der Waals surface area (Å²) >= 11 is 0. The van der Waals surface area contributed by atoms with Crippen molar-refractivity contribution in [3.63, 3.8) is 0 Å². The van der Waals surface area contributed by atoms with E-state index >= 15 is 0 Å². The van der Waals surface area contributed by atoms with Gasteiger partial charge in [-0.15, -0.1) is 0 Å². The number of carbonyl (C=O) groups is 1. The smallest absolute Gasteiger partial charge is 0.226 e. The van der Waals surface area contributed by atoms with Crippen LogP contribution in [0, 0.1) is 0 Å². The van der Waals surface area contributed by atoms with Crippen molar-refractivity contribution >= 4 is 11.6 Å². The summed E-state index contributed by atoms with van der Waals surface area (Å²) in [6, 6.07) is 6.42. The number of carbonyl (C=O) groups excluding carboxylic acids is 1. The molecule has 1 aromatic carbocycles. The second-order valence-corrected chi connectivity index (χ2v) is 4.67. The molecule has 0 atom stereocenters. The van der Waals surface area contributed by atoms with Crippen LogP contribution in [0.15, 0.2) is 24.3 Å². The summed E-state index contributed by atoms with van der Waals surface area (Å²) in [4.78, 5) is 11.7. The number of piperidine rings is 1. The number of rotatable bonds is 5. The summed E-state index contributed by atoms with van der Waals surface area (Å²) < 4.78 is 5.67. The number of aromatic hydroxyl groups is 1. The Bertz CT molecular complexity index is 400. The number of anilines is 1. The number of phenolic OH excluding ortho intramolecular Hbond substituents is 1. The minimum atomic E-state index is -0.0698. The lowest BCUT2D eigenvalue weighted by molar-refractivity contribution is -0.117. The second kappa shape index (κ2) is 7.11. The third kappa shape index (κ3) is 4.89. The fourth-order valence-corrected chi connectivity index (χ4v) is 2.05. The van der Waals surface area contributed by atoms with E-state index in [4.69, 9.17) is 9.84 Å². The molecule has 0 radical (unpaired) electrons. The number of benzene rings is 1. The molecule has 1 aliphatic rings. The van der Waals surface area contributed by atoms with E-state index in [2.05, 4.69) is 10.6 Å². The Balaban J connectivity index is 1.65. The van der Waals surface area contributed by atoms with E-state index in [-0.39, 0.29) is 17.8 Å². The minimum absolute atomic E-state index is 0.0698. The van der Waals surface area contributed by atoms with Crippen molar-refractivity contribution in [3.8, 4) is 5.75 Å². The molecular weight excluding hydrogens is 244 g/mol. The van der Waals surface area contributed by atoms with E-state index in [1.54, 1.807) is 24.3 Å². The average Bonchev–Trinajstić information content (AvgIpc) is 2.43. The van der Waals surface area contributed by atoms with Crippen LogP contribution in [0.5, 0.6) is 5.75 Å². The Morgan fingerprint density at radius 1 is 1.32 bits per heavy atom. The van der Waals surface area contributed by atoms with E-state index in [0.29, 0.717) is 18.7 Å². The van der Waals surface area contributed by atoms with Crippen LogP contribution in [-0.4, -0.2) is 36.8 Å². The molecule has 1 amide bonds. The van der Waals surface area contributed by atoms with Gasteiger partial charge in [-0.3, -0.25) is 4.79 Å². The zero-order valence-electron chi connectivity index (χ0n) is 10.9. The molecule has 5 heteroatoms. The zero-order chi connectivity index (χ0) is 13.5. The lowest BCUT2D eigenvalue weighted by Crippen LogP contribution is -2.33. The number of nitrogens with one attached hydrogen (secondary N) is 2. The van der Waals surface area contributed by atoms with Gasteiger partial charge in [-0.2, -0.15) is 0 Å². The van der Waals surface area contributed by atoms with Crippen molar-refractivity contribution in [1.29, 1.82) is 0 Å². The molecule has 104 valence electrons. The Morgan fingerprint density at radius 3 is 2.68 bits per heavy atom. The van der Waals surface area contributed by atoms with Gasteiger partial charge in [0.15, 0.2) is 0 Å². The summed E-state index contributed by atoms with van der Waals surface area (Å²) in [5.41, 5.74) is 0.685. The molecule has 1 saturated heterocycles. The maximum absolute atomic E-state index is 11.7. The Hall–Kier alpha value is -1.59. The number of hydrogen-bond donors (Lipinski definition) is 3. The molecule has 0 bridgehead atoms. The molecule has 19 heavy (non-hydrogen) atoms. The number of ether oxygens (including phenoxy) is 1. The van der Waals surface area contributed by atoms with Crippen molar-refractivity contribution in [2.45, 2.75) is 25.4 Å². The standard InChI is InChI=1S/C14H20N2O3/c17-12-3-1-11(2-4-12)16-14(18)7-10-19-13-5-8-15-9-6-13/h1-4,13,15,17H,5-10H2,(H,16,18). The van der Waals surface area contributed by atoms with Crippen LogP contribution in [0.1, 0.15) is 19.3 Å². The van der Waals surface area contributed by atoms with Crippen LogP contribution < -0.4 is 10.6 Å². The highest BCUT2D eigenvalue weighted by atomic mass is 16.5. The SMILES string of the molecule is O=C(CCOC1CCNCC1)Nc1ccc(O)cc1. The first-order valence-corrected chi connectivity index (χ1v) is 6.65. The Labute approximate surface area is 113 Å². The summed E-state index contributed by atoms with van der Waals surface area (Å²) in [6.45, 7) is 2.43. The molecule has 1 fully saturated rings. The molecule has 2 rings (SSSR count). The second-order valence-electron chi connectivity index (χ2n) is 4.67. The fourth-order valence-electron chi connectivity index (χ4n) is 2.05. The normalized spacial score (nSPS) is 16.2. The van der Waals surface area contributed by atoms with Gasteiger partial charge in [0.05, 0.1) is 19.1 Å². The van der Waals surface area contributed by atoms with Crippen LogP contribution >= 0.6 is 0 Å². The molecular formula is C14H20N2O3. The molecule has 1 aliphatic heterocycles. The predicted molar refractivity (Wildman–Crippen MR) is 73.2 cm³/mol. The van der Waals surface area contributed by atoms with Gasteiger partial charge in [0.2, 0.25) is 5.91 Å². The molecule has 0 aliphatic carbocycles. The summed E-state index contributed by atoms with van der Waals surface area (Å²) in [5.74, 6) is 0.117. The van der Waals surface area contributed by atoms with Crippen LogP contribution in [0.25, 0.3) is 0 Å². The third-order valence-corrected chi connectivity index (χ3v) is 3.12. The maximum atomic E-state index is 11.7. The number of hydrogen-bond acceptors (Lipinski definition) is 4. The van der Waals surface area contributed by atoms with Crippen molar-refractivity contribution in [1.82, 2.24) is 5.32 Å². The van der Waals surface area contributed by atoms with Crippen LogP contribution in [0.3, 0.4) is 0 Å². The Morgan fingerprint density at radius 2 is 2.00 bits per heavy atom. The van der Waals surface area contributed by atoms with Gasteiger partial charge in [0, 0.05) is 5.69 Å². The first kappa shape index (κ1) is 13.8. The lowest BCUT2D eigenvalue weighted by Gasteiger charge is -2.22. The fraction of sp³-hybridized carbons (Fsp3) is 0.500. The van der Waals surface area contributed by atoms with E-state index < -0.39 is 0 Å². The van der Waals surface area contributed by atoms with Gasteiger partial charge < -0.3 is 20.5 Å². The monoisotopic (exact) mass is 264 g/mol. The first-order valence-electron chi connectivity index (χ1n) is 6.65. The predicted octanol–water partition coefficient (Wildman–Crippen LogP) is 1.49. The summed E-state index contributed by atoms with van der Waals surface area (Å²) in [6.07, 6.45) is 2.66. The van der Waals surface area contributed by atoms with Gasteiger partial charge in [-0.25, -0.2) is 0 Å². The summed E-state index contributed by atoms with van der Waals surface area (Å²) in [7, 11) is 0. The molecule has 0 unspecified atom stereocenters. The minimum Gasteiger partial charge on any atom is -0.508 e. The van der Waals surface area contributed by atoms with E-state index in [0.717, 1.165) is 25.9 Å². The van der Waals surface area contributed by atoms with Crippen molar-refractivity contribution in [2.75, 3.05) is 25.0 Å². The molecule has 0 aromatic heterocycles. The Kier molecular flexibility index (Phi) is 5.18. The topological polar surface area (TPSA) is 70.6 Å². The van der Waals surface area contributed by atoms with Gasteiger partial charge in [0.1, 0.15) is 5.75 Å². The first-order chi connectivity index (χ1) is 9.24. The molecule has 3 N–H and O–H groups in total. The van der Waals surface area contributed by atoms with Gasteiger partial charge >= 0.3 is 0 Å². The maximum Gasteiger partial charge on any atom is 0.226 e.